The highest BCUT2D eigenvalue weighted by Gasteiger charge is 2.04. The first-order valence-corrected chi connectivity index (χ1v) is 4.08. The topological polar surface area (TPSA) is 50.7 Å². The molecule has 0 aliphatic heterocycles. The normalized spacial score (nSPS) is 10.3. The molecule has 0 spiro atoms. The minimum absolute atomic E-state index is 0.772. The van der Waals surface area contributed by atoms with Crippen molar-refractivity contribution in [1.82, 2.24) is 15.2 Å². The van der Waals surface area contributed by atoms with Crippen LogP contribution in [0.15, 0.2) is 18.3 Å². The number of aromatic nitrogens is 3. The van der Waals surface area contributed by atoms with Gasteiger partial charge in [-0.25, -0.2) is 0 Å². The summed E-state index contributed by atoms with van der Waals surface area (Å²) in [4.78, 5) is 4.25. The van der Waals surface area contributed by atoms with E-state index in [1.54, 1.807) is 6.20 Å². The summed E-state index contributed by atoms with van der Waals surface area (Å²) in [6.45, 7) is 1.90. The fraction of sp³-hybridized carbons (Fsp3) is 0.222. The van der Waals surface area contributed by atoms with E-state index in [2.05, 4.69) is 20.5 Å². The number of pyridine rings is 1. The van der Waals surface area contributed by atoms with Crippen LogP contribution in [-0.2, 0) is 0 Å². The van der Waals surface area contributed by atoms with Gasteiger partial charge in [0.15, 0.2) is 5.82 Å². The highest BCUT2D eigenvalue weighted by atomic mass is 15.2. The van der Waals surface area contributed by atoms with Crippen molar-refractivity contribution in [1.29, 1.82) is 0 Å². The summed E-state index contributed by atoms with van der Waals surface area (Å²) >= 11 is 0. The first-order valence-electron chi connectivity index (χ1n) is 4.08. The lowest BCUT2D eigenvalue weighted by Gasteiger charge is -2.03. The second-order valence-corrected chi connectivity index (χ2v) is 2.78. The number of nitrogens with zero attached hydrogens (tertiary/aromatic N) is 3. The molecule has 0 saturated carbocycles. The molecular weight excluding hydrogens is 164 g/mol. The molecule has 0 saturated heterocycles. The molecule has 0 aromatic carbocycles. The molecule has 0 aliphatic rings. The molecule has 2 aromatic rings. The van der Waals surface area contributed by atoms with Crippen LogP contribution in [0, 0.1) is 6.92 Å². The van der Waals surface area contributed by atoms with E-state index in [1.807, 2.05) is 26.1 Å². The van der Waals surface area contributed by atoms with Crippen molar-refractivity contribution in [3.8, 4) is 0 Å². The molecule has 2 rings (SSSR count). The van der Waals surface area contributed by atoms with Crippen LogP contribution in [0.3, 0.4) is 0 Å². The van der Waals surface area contributed by atoms with Crippen LogP contribution in [0.5, 0.6) is 0 Å². The van der Waals surface area contributed by atoms with Gasteiger partial charge in [-0.1, -0.05) is 0 Å². The fourth-order valence-electron chi connectivity index (χ4n) is 1.30. The van der Waals surface area contributed by atoms with Crippen molar-refractivity contribution < 1.29 is 0 Å². The zero-order valence-electron chi connectivity index (χ0n) is 7.57. The van der Waals surface area contributed by atoms with Crippen molar-refractivity contribution in [2.24, 2.45) is 0 Å². The average Bonchev–Trinajstić information content (AvgIpc) is 2.19. The molecule has 4 nitrogen and oxygen atoms in total. The number of hydrogen-bond acceptors (Lipinski definition) is 4. The van der Waals surface area contributed by atoms with Crippen molar-refractivity contribution in [2.45, 2.75) is 6.92 Å². The number of aryl methyl sites for hydroxylation is 1. The van der Waals surface area contributed by atoms with Crippen LogP contribution in [0.1, 0.15) is 5.69 Å². The van der Waals surface area contributed by atoms with Crippen molar-refractivity contribution in [3.05, 3.63) is 24.0 Å². The maximum absolute atomic E-state index is 4.25. The summed E-state index contributed by atoms with van der Waals surface area (Å²) in [5.41, 5.74) is 1.76. The van der Waals surface area contributed by atoms with Gasteiger partial charge >= 0.3 is 0 Å². The molecule has 0 aliphatic carbocycles. The Morgan fingerprint density at radius 3 is 2.92 bits per heavy atom. The van der Waals surface area contributed by atoms with Gasteiger partial charge in [-0.05, 0) is 19.1 Å². The molecular formula is C9H10N4. The summed E-state index contributed by atoms with van der Waals surface area (Å²) in [6.07, 6.45) is 1.76. The van der Waals surface area contributed by atoms with E-state index in [1.165, 1.54) is 0 Å². The van der Waals surface area contributed by atoms with Gasteiger partial charge in [0, 0.05) is 18.6 Å². The van der Waals surface area contributed by atoms with Gasteiger partial charge in [0.25, 0.3) is 0 Å². The monoisotopic (exact) mass is 174 g/mol. The highest BCUT2D eigenvalue weighted by molar-refractivity contribution is 5.89. The van der Waals surface area contributed by atoms with E-state index in [-0.39, 0.29) is 0 Å². The first-order chi connectivity index (χ1) is 6.33. The smallest absolute Gasteiger partial charge is 0.157 e. The molecule has 4 heteroatoms. The molecule has 1 N–H and O–H groups in total. The molecule has 66 valence electrons. The van der Waals surface area contributed by atoms with E-state index >= 15 is 0 Å². The zero-order chi connectivity index (χ0) is 9.26. The Morgan fingerprint density at radius 1 is 1.31 bits per heavy atom. The predicted molar refractivity (Wildman–Crippen MR) is 51.6 cm³/mol. The van der Waals surface area contributed by atoms with Gasteiger partial charge in [0.05, 0.1) is 11.2 Å². The molecule has 0 bridgehead atoms. The van der Waals surface area contributed by atoms with Gasteiger partial charge in [-0.15, -0.1) is 5.10 Å². The maximum Gasteiger partial charge on any atom is 0.157 e. The van der Waals surface area contributed by atoms with E-state index < -0.39 is 0 Å². The van der Waals surface area contributed by atoms with E-state index in [0.717, 1.165) is 22.4 Å². The minimum Gasteiger partial charge on any atom is -0.371 e. The standard InChI is InChI=1S/C9H10N4/c1-6-8-7(4-3-5-11-8)9(10-2)13-12-6/h3-5H,1-2H3,(H,10,13). The molecule has 2 heterocycles. The molecule has 2 aromatic heterocycles. The van der Waals surface area contributed by atoms with Crippen LogP contribution in [0.2, 0.25) is 0 Å². The van der Waals surface area contributed by atoms with Crippen molar-refractivity contribution in [3.63, 3.8) is 0 Å². The summed E-state index contributed by atoms with van der Waals surface area (Å²) in [5, 5.41) is 12.0. The lowest BCUT2D eigenvalue weighted by molar-refractivity contribution is 0.996. The summed E-state index contributed by atoms with van der Waals surface area (Å²) < 4.78 is 0. The quantitative estimate of drug-likeness (QED) is 0.709. The molecule has 13 heavy (non-hydrogen) atoms. The Kier molecular flexibility index (Phi) is 1.81. The number of anilines is 1. The van der Waals surface area contributed by atoms with Gasteiger partial charge < -0.3 is 5.32 Å². The number of fused-ring (bicyclic) bond motifs is 1. The van der Waals surface area contributed by atoms with E-state index in [4.69, 9.17) is 0 Å². The largest absolute Gasteiger partial charge is 0.371 e. The molecule has 0 unspecified atom stereocenters. The third-order valence-corrected chi connectivity index (χ3v) is 1.94. The number of nitrogens with one attached hydrogen (secondary N) is 1. The van der Waals surface area contributed by atoms with E-state index in [9.17, 15) is 0 Å². The van der Waals surface area contributed by atoms with Crippen LogP contribution < -0.4 is 5.32 Å². The molecule has 0 fully saturated rings. The predicted octanol–water partition coefficient (Wildman–Crippen LogP) is 1.37. The zero-order valence-corrected chi connectivity index (χ0v) is 7.57. The van der Waals surface area contributed by atoms with Crippen LogP contribution in [0.25, 0.3) is 10.9 Å². The number of rotatable bonds is 1. The van der Waals surface area contributed by atoms with Gasteiger partial charge in [-0.3, -0.25) is 4.98 Å². The van der Waals surface area contributed by atoms with Crippen LogP contribution in [0.4, 0.5) is 5.82 Å². The van der Waals surface area contributed by atoms with Gasteiger partial charge in [-0.2, -0.15) is 5.10 Å². The van der Waals surface area contributed by atoms with Crippen molar-refractivity contribution >= 4 is 16.7 Å². The van der Waals surface area contributed by atoms with Crippen LogP contribution in [-0.4, -0.2) is 22.2 Å². The maximum atomic E-state index is 4.25. The van der Waals surface area contributed by atoms with Crippen molar-refractivity contribution in [2.75, 3.05) is 12.4 Å². The van der Waals surface area contributed by atoms with Gasteiger partial charge in [0.1, 0.15) is 0 Å². The number of hydrogen-bond donors (Lipinski definition) is 1. The Bertz CT molecular complexity index is 439. The SMILES string of the molecule is CNc1nnc(C)c2ncccc12. The highest BCUT2D eigenvalue weighted by Crippen LogP contribution is 2.19. The first kappa shape index (κ1) is 7.91. The summed E-state index contributed by atoms with van der Waals surface area (Å²) in [7, 11) is 1.83. The third-order valence-electron chi connectivity index (χ3n) is 1.94. The Hall–Kier alpha value is -1.71. The Morgan fingerprint density at radius 2 is 2.15 bits per heavy atom. The molecule has 0 atom stereocenters. The fourth-order valence-corrected chi connectivity index (χ4v) is 1.30. The van der Waals surface area contributed by atoms with Gasteiger partial charge in [0.2, 0.25) is 0 Å². The summed E-state index contributed by atoms with van der Waals surface area (Å²) in [6, 6.07) is 3.88. The summed E-state index contributed by atoms with van der Waals surface area (Å²) in [5.74, 6) is 0.772. The average molecular weight is 174 g/mol. The lowest BCUT2D eigenvalue weighted by atomic mass is 10.2. The second kappa shape index (κ2) is 2.97. The third kappa shape index (κ3) is 1.20. The van der Waals surface area contributed by atoms with Crippen LogP contribution >= 0.6 is 0 Å². The minimum atomic E-state index is 0.772. The Balaban J connectivity index is 2.84. The Labute approximate surface area is 76.0 Å². The molecule has 0 amide bonds. The second-order valence-electron chi connectivity index (χ2n) is 2.78. The van der Waals surface area contributed by atoms with E-state index in [0.29, 0.717) is 0 Å². The lowest BCUT2D eigenvalue weighted by Crippen LogP contribution is -1.98. The molecule has 0 radical (unpaired) electrons.